The van der Waals surface area contributed by atoms with Crippen molar-refractivity contribution in [2.24, 2.45) is 0 Å². The minimum Gasteiger partial charge on any atom is -0.479 e. The van der Waals surface area contributed by atoms with Gasteiger partial charge in [0.2, 0.25) is 5.91 Å². The quantitative estimate of drug-likeness (QED) is 0.481. The third-order valence-corrected chi connectivity index (χ3v) is 6.72. The van der Waals surface area contributed by atoms with Gasteiger partial charge < -0.3 is 15.4 Å². The molecule has 150 valence electrons. The molecular formula is C20H20N4O3S2. The van der Waals surface area contributed by atoms with E-state index in [-0.39, 0.29) is 17.6 Å². The number of amides is 2. The van der Waals surface area contributed by atoms with Crippen LogP contribution in [0.5, 0.6) is 5.75 Å². The summed E-state index contributed by atoms with van der Waals surface area (Å²) >= 11 is 3.04. The first-order valence-electron chi connectivity index (χ1n) is 9.10. The van der Waals surface area contributed by atoms with Crippen molar-refractivity contribution in [1.82, 2.24) is 9.97 Å². The molecule has 0 aliphatic carbocycles. The summed E-state index contributed by atoms with van der Waals surface area (Å²) in [5, 5.41) is 7.49. The standard InChI is InChI=1S/C20H20N4O3S2/c1-9-11(3)29-20-17(9)19(21-12(4)22-20)28-8-16(25)23-13-5-6-15-14(7-13)24-18(26)10(2)27-15/h5-7,10H,8H2,1-4H3,(H,23,25)(H,24,26)/t10-/m1/s1. The lowest BCUT2D eigenvalue weighted by Gasteiger charge is -2.23. The number of aromatic nitrogens is 2. The van der Waals surface area contributed by atoms with Crippen LogP contribution in [0, 0.1) is 20.8 Å². The molecule has 2 N–H and O–H groups in total. The van der Waals surface area contributed by atoms with Crippen LogP contribution in [0.3, 0.4) is 0 Å². The first-order valence-corrected chi connectivity index (χ1v) is 10.9. The average molecular weight is 429 g/mol. The molecular weight excluding hydrogens is 408 g/mol. The van der Waals surface area contributed by atoms with E-state index in [4.69, 9.17) is 4.74 Å². The van der Waals surface area contributed by atoms with Gasteiger partial charge in [0.15, 0.2) is 6.10 Å². The van der Waals surface area contributed by atoms with Crippen LogP contribution in [0.1, 0.15) is 23.2 Å². The SMILES string of the molecule is Cc1nc(SCC(=O)Nc2ccc3c(c2)NC(=O)[C@@H](C)O3)c2c(C)c(C)sc2n1. The van der Waals surface area contributed by atoms with Crippen molar-refractivity contribution < 1.29 is 14.3 Å². The molecule has 7 nitrogen and oxygen atoms in total. The van der Waals surface area contributed by atoms with Gasteiger partial charge in [0.25, 0.3) is 5.91 Å². The fourth-order valence-corrected chi connectivity index (χ4v) is 5.11. The number of thiophene rings is 1. The van der Waals surface area contributed by atoms with Crippen molar-refractivity contribution in [2.75, 3.05) is 16.4 Å². The number of benzene rings is 1. The summed E-state index contributed by atoms with van der Waals surface area (Å²) in [7, 11) is 0. The lowest BCUT2D eigenvalue weighted by Crippen LogP contribution is -2.34. The van der Waals surface area contributed by atoms with Gasteiger partial charge in [-0.05, 0) is 51.5 Å². The molecule has 3 aromatic rings. The van der Waals surface area contributed by atoms with Gasteiger partial charge in [-0.3, -0.25) is 9.59 Å². The highest BCUT2D eigenvalue weighted by Gasteiger charge is 2.23. The van der Waals surface area contributed by atoms with E-state index in [0.717, 1.165) is 20.8 Å². The number of nitrogens with zero attached hydrogens (tertiary/aromatic N) is 2. The van der Waals surface area contributed by atoms with E-state index in [9.17, 15) is 9.59 Å². The molecule has 1 aliphatic heterocycles. The summed E-state index contributed by atoms with van der Waals surface area (Å²) in [6, 6.07) is 5.19. The second-order valence-electron chi connectivity index (χ2n) is 6.84. The number of rotatable bonds is 4. The molecule has 1 aliphatic rings. The molecule has 0 radical (unpaired) electrons. The monoisotopic (exact) mass is 428 g/mol. The molecule has 4 rings (SSSR count). The number of carbonyl (C=O) groups is 2. The van der Waals surface area contributed by atoms with E-state index < -0.39 is 6.10 Å². The first-order chi connectivity index (χ1) is 13.8. The second-order valence-corrected chi connectivity index (χ2v) is 9.00. The van der Waals surface area contributed by atoms with Crippen molar-refractivity contribution in [1.29, 1.82) is 0 Å². The van der Waals surface area contributed by atoms with E-state index in [1.807, 2.05) is 6.92 Å². The van der Waals surface area contributed by atoms with Crippen LogP contribution in [0.25, 0.3) is 10.2 Å². The van der Waals surface area contributed by atoms with Gasteiger partial charge in [0.05, 0.1) is 11.4 Å². The van der Waals surface area contributed by atoms with Crippen LogP contribution in [0.15, 0.2) is 23.2 Å². The predicted octanol–water partition coefficient (Wildman–Crippen LogP) is 4.07. The molecule has 1 aromatic carbocycles. The average Bonchev–Trinajstić information content (AvgIpc) is 2.94. The smallest absolute Gasteiger partial charge is 0.265 e. The highest BCUT2D eigenvalue weighted by atomic mass is 32.2. The topological polar surface area (TPSA) is 93.2 Å². The Hall–Kier alpha value is -2.65. The Labute approximate surface area is 176 Å². The molecule has 0 bridgehead atoms. The Morgan fingerprint density at radius 1 is 1.31 bits per heavy atom. The molecule has 3 heterocycles. The van der Waals surface area contributed by atoms with E-state index in [1.165, 1.54) is 16.6 Å². The van der Waals surface area contributed by atoms with Gasteiger partial charge >= 0.3 is 0 Å². The Morgan fingerprint density at radius 2 is 2.10 bits per heavy atom. The number of anilines is 2. The molecule has 0 unspecified atom stereocenters. The summed E-state index contributed by atoms with van der Waals surface area (Å²) in [6.45, 7) is 7.67. The van der Waals surface area contributed by atoms with Crippen LogP contribution < -0.4 is 15.4 Å². The number of fused-ring (bicyclic) bond motifs is 2. The van der Waals surface area contributed by atoms with Gasteiger partial charge in [0, 0.05) is 16.0 Å². The lowest BCUT2D eigenvalue weighted by molar-refractivity contribution is -0.122. The van der Waals surface area contributed by atoms with Crippen molar-refractivity contribution in [3.63, 3.8) is 0 Å². The zero-order chi connectivity index (χ0) is 20.7. The van der Waals surface area contributed by atoms with Gasteiger partial charge in [-0.25, -0.2) is 9.97 Å². The van der Waals surface area contributed by atoms with Gasteiger partial charge in [-0.2, -0.15) is 0 Å². The lowest BCUT2D eigenvalue weighted by atomic mass is 10.2. The number of nitrogens with one attached hydrogen (secondary N) is 2. The molecule has 0 fully saturated rings. The van der Waals surface area contributed by atoms with Crippen molar-refractivity contribution in [2.45, 2.75) is 38.8 Å². The van der Waals surface area contributed by atoms with Crippen LogP contribution in [0.4, 0.5) is 11.4 Å². The largest absolute Gasteiger partial charge is 0.479 e. The number of ether oxygens (including phenoxy) is 1. The van der Waals surface area contributed by atoms with Crippen molar-refractivity contribution in [3.05, 3.63) is 34.5 Å². The number of hydrogen-bond donors (Lipinski definition) is 2. The van der Waals surface area contributed by atoms with E-state index >= 15 is 0 Å². The Balaban J connectivity index is 1.47. The molecule has 1 atom stereocenters. The molecule has 29 heavy (non-hydrogen) atoms. The third-order valence-electron chi connectivity index (χ3n) is 4.64. The highest BCUT2D eigenvalue weighted by molar-refractivity contribution is 8.00. The fourth-order valence-electron chi connectivity index (χ4n) is 3.04. The van der Waals surface area contributed by atoms with Crippen LogP contribution in [0.2, 0.25) is 0 Å². The minimum absolute atomic E-state index is 0.152. The zero-order valence-corrected chi connectivity index (χ0v) is 18.1. The molecule has 0 saturated carbocycles. The second kappa shape index (κ2) is 7.64. The molecule has 2 amide bonds. The number of carbonyl (C=O) groups excluding carboxylic acids is 2. The van der Waals surface area contributed by atoms with Crippen LogP contribution >= 0.6 is 23.1 Å². The first kappa shape index (κ1) is 19.7. The molecule has 0 saturated heterocycles. The van der Waals surface area contributed by atoms with Gasteiger partial charge in [-0.15, -0.1) is 11.3 Å². The predicted molar refractivity (Wildman–Crippen MR) is 116 cm³/mol. The molecule has 0 spiro atoms. The summed E-state index contributed by atoms with van der Waals surface area (Å²) < 4.78 is 5.53. The molecule has 9 heteroatoms. The van der Waals surface area contributed by atoms with Crippen LogP contribution in [-0.4, -0.2) is 33.6 Å². The maximum atomic E-state index is 12.5. The maximum absolute atomic E-state index is 12.5. The van der Waals surface area contributed by atoms with E-state index in [2.05, 4.69) is 34.4 Å². The van der Waals surface area contributed by atoms with Crippen molar-refractivity contribution >= 4 is 56.5 Å². The van der Waals surface area contributed by atoms with Gasteiger partial charge in [-0.1, -0.05) is 11.8 Å². The maximum Gasteiger partial charge on any atom is 0.265 e. The summed E-state index contributed by atoms with van der Waals surface area (Å²) in [5.41, 5.74) is 2.31. The third kappa shape index (κ3) is 3.92. The Morgan fingerprint density at radius 3 is 2.90 bits per heavy atom. The Kier molecular flexibility index (Phi) is 5.18. The van der Waals surface area contributed by atoms with Crippen molar-refractivity contribution in [3.8, 4) is 5.75 Å². The van der Waals surface area contributed by atoms with Gasteiger partial charge in [0.1, 0.15) is 21.4 Å². The fraction of sp³-hybridized carbons (Fsp3) is 0.300. The number of thioether (sulfide) groups is 1. The zero-order valence-electron chi connectivity index (χ0n) is 16.5. The van der Waals surface area contributed by atoms with E-state index in [1.54, 1.807) is 36.5 Å². The number of hydrogen-bond acceptors (Lipinski definition) is 7. The van der Waals surface area contributed by atoms with E-state index in [0.29, 0.717) is 22.9 Å². The Bertz CT molecular complexity index is 1140. The minimum atomic E-state index is -0.531. The van der Waals surface area contributed by atoms with Crippen LogP contribution in [-0.2, 0) is 9.59 Å². The number of aryl methyl sites for hydroxylation is 3. The summed E-state index contributed by atoms with van der Waals surface area (Å²) in [5.74, 6) is 1.14. The normalized spacial score (nSPS) is 15.6. The highest BCUT2D eigenvalue weighted by Crippen LogP contribution is 2.35. The summed E-state index contributed by atoms with van der Waals surface area (Å²) in [4.78, 5) is 35.5. The summed E-state index contributed by atoms with van der Waals surface area (Å²) in [6.07, 6.45) is -0.531. The molecule has 2 aromatic heterocycles.